The fourth-order valence-electron chi connectivity index (χ4n) is 4.21. The quantitative estimate of drug-likeness (QED) is 0.592. The maximum Gasteiger partial charge on any atom is 0.325 e. The third kappa shape index (κ3) is 3.46. The van der Waals surface area contributed by atoms with Crippen molar-refractivity contribution in [3.8, 4) is 0 Å². The van der Waals surface area contributed by atoms with Gasteiger partial charge in [-0.2, -0.15) is 0 Å². The van der Waals surface area contributed by atoms with Gasteiger partial charge in [0.25, 0.3) is 11.8 Å². The molecule has 8 nitrogen and oxygen atoms in total. The van der Waals surface area contributed by atoms with Crippen molar-refractivity contribution in [2.75, 3.05) is 11.9 Å². The van der Waals surface area contributed by atoms with E-state index in [0.717, 1.165) is 34.6 Å². The molecule has 2 aromatic rings. The minimum Gasteiger partial charge on any atom is -0.365 e. The van der Waals surface area contributed by atoms with E-state index in [2.05, 4.69) is 10.6 Å². The third-order valence-corrected chi connectivity index (χ3v) is 6.97. The van der Waals surface area contributed by atoms with Gasteiger partial charge in [0.1, 0.15) is 22.9 Å². The number of nitrogens with two attached hydrogens (primary N) is 1. The Morgan fingerprint density at radius 2 is 1.97 bits per heavy atom. The molecule has 1 atom stereocenters. The van der Waals surface area contributed by atoms with Crippen LogP contribution in [0.15, 0.2) is 24.3 Å². The van der Waals surface area contributed by atoms with E-state index in [-0.39, 0.29) is 6.42 Å². The molecule has 4 rings (SSSR count). The molecule has 4 N–H and O–H groups in total. The van der Waals surface area contributed by atoms with E-state index in [4.69, 9.17) is 5.73 Å². The molecule has 2 aliphatic rings. The molecule has 0 bridgehead atoms. The van der Waals surface area contributed by atoms with E-state index in [9.17, 15) is 23.6 Å². The Morgan fingerprint density at radius 1 is 1.26 bits per heavy atom. The van der Waals surface area contributed by atoms with Crippen molar-refractivity contribution in [2.45, 2.75) is 38.1 Å². The molecule has 0 spiro atoms. The number of primary amides is 1. The van der Waals surface area contributed by atoms with Gasteiger partial charge in [-0.1, -0.05) is 19.1 Å². The number of halogens is 1. The van der Waals surface area contributed by atoms with Gasteiger partial charge >= 0.3 is 6.03 Å². The highest BCUT2D eigenvalue weighted by Crippen LogP contribution is 2.39. The zero-order valence-corrected chi connectivity index (χ0v) is 17.6. The van der Waals surface area contributed by atoms with Crippen LogP contribution in [0.25, 0.3) is 0 Å². The highest BCUT2D eigenvalue weighted by Gasteiger charge is 2.51. The molecule has 1 aromatic carbocycles. The van der Waals surface area contributed by atoms with Gasteiger partial charge in [0.2, 0.25) is 5.91 Å². The fourth-order valence-corrected chi connectivity index (χ4v) is 5.52. The first kappa shape index (κ1) is 21.0. The topological polar surface area (TPSA) is 122 Å². The molecule has 1 aliphatic heterocycles. The van der Waals surface area contributed by atoms with Crippen LogP contribution in [0.1, 0.15) is 46.1 Å². The molecule has 1 aliphatic carbocycles. The minimum atomic E-state index is -1.37. The number of benzene rings is 1. The highest BCUT2D eigenvalue weighted by atomic mass is 32.1. The van der Waals surface area contributed by atoms with E-state index in [0.29, 0.717) is 16.1 Å². The summed E-state index contributed by atoms with van der Waals surface area (Å²) in [4.78, 5) is 52.1. The zero-order valence-electron chi connectivity index (χ0n) is 16.8. The smallest absolute Gasteiger partial charge is 0.325 e. The van der Waals surface area contributed by atoms with Gasteiger partial charge in [-0.25, -0.2) is 9.18 Å². The maximum absolute atomic E-state index is 13.3. The normalized spacial score (nSPS) is 20.0. The second kappa shape index (κ2) is 7.77. The van der Waals surface area contributed by atoms with Gasteiger partial charge in [0.05, 0.1) is 5.56 Å². The van der Waals surface area contributed by atoms with Crippen molar-refractivity contribution in [3.63, 3.8) is 0 Å². The van der Waals surface area contributed by atoms with Gasteiger partial charge in [-0.3, -0.25) is 19.3 Å². The summed E-state index contributed by atoms with van der Waals surface area (Å²) in [5.74, 6) is -2.29. The van der Waals surface area contributed by atoms with E-state index in [1.165, 1.54) is 35.6 Å². The van der Waals surface area contributed by atoms with Crippen LogP contribution < -0.4 is 16.4 Å². The number of imide groups is 1. The molecule has 0 radical (unpaired) electrons. The predicted molar refractivity (Wildman–Crippen MR) is 112 cm³/mol. The summed E-state index contributed by atoms with van der Waals surface area (Å²) in [5, 5.41) is 5.63. The SMILES string of the molecule is CC[C@]1(c2ccc(F)cc2)NC(=O)N(CC(=O)Nc2sc3c(c2C(N)=O)CCC3)C1=O. The molecule has 0 saturated carbocycles. The van der Waals surface area contributed by atoms with Crippen molar-refractivity contribution in [3.05, 3.63) is 51.7 Å². The number of amides is 5. The highest BCUT2D eigenvalue weighted by molar-refractivity contribution is 7.17. The van der Waals surface area contributed by atoms with Gasteiger partial charge in [-0.05, 0) is 48.9 Å². The van der Waals surface area contributed by atoms with Crippen LogP contribution in [0.3, 0.4) is 0 Å². The second-order valence-electron chi connectivity index (χ2n) is 7.56. The summed E-state index contributed by atoms with van der Waals surface area (Å²) in [5.41, 5.74) is 5.74. The standard InChI is InChI=1S/C21H21FN4O4S/c1-2-21(11-6-8-12(22)9-7-11)19(29)26(20(30)25-21)10-15(27)24-18-16(17(23)28)13-4-3-5-14(13)31-18/h6-9H,2-5,10H2,1H3,(H2,23,28)(H,24,27)(H,25,30)/t21-/m1/s1. The van der Waals surface area contributed by atoms with Crippen molar-refractivity contribution in [1.82, 2.24) is 10.2 Å². The van der Waals surface area contributed by atoms with Crippen LogP contribution in [0, 0.1) is 5.82 Å². The first-order valence-corrected chi connectivity index (χ1v) is 10.7. The summed E-state index contributed by atoms with van der Waals surface area (Å²) in [6, 6.07) is 4.58. The summed E-state index contributed by atoms with van der Waals surface area (Å²) in [6.07, 6.45) is 2.70. The molecule has 1 fully saturated rings. The Bertz CT molecular complexity index is 1100. The minimum absolute atomic E-state index is 0.227. The molecule has 10 heteroatoms. The number of aryl methyl sites for hydroxylation is 1. The number of thiophene rings is 1. The monoisotopic (exact) mass is 444 g/mol. The molecular weight excluding hydrogens is 423 g/mol. The van der Waals surface area contributed by atoms with E-state index in [1.54, 1.807) is 6.92 Å². The van der Waals surface area contributed by atoms with Gasteiger partial charge in [0, 0.05) is 4.88 Å². The fraction of sp³-hybridized carbons (Fsp3) is 0.333. The molecule has 1 saturated heterocycles. The van der Waals surface area contributed by atoms with Gasteiger partial charge in [-0.15, -0.1) is 11.3 Å². The number of nitrogens with zero attached hydrogens (tertiary/aromatic N) is 1. The molecule has 1 aromatic heterocycles. The number of rotatable bonds is 6. The maximum atomic E-state index is 13.3. The van der Waals surface area contributed by atoms with Crippen LogP contribution in [0.4, 0.5) is 14.2 Å². The Hall–Kier alpha value is -3.27. The molecule has 2 heterocycles. The first-order valence-electron chi connectivity index (χ1n) is 9.91. The number of anilines is 1. The largest absolute Gasteiger partial charge is 0.365 e. The Morgan fingerprint density at radius 3 is 2.61 bits per heavy atom. The van der Waals surface area contributed by atoms with Crippen molar-refractivity contribution in [2.24, 2.45) is 5.73 Å². The van der Waals surface area contributed by atoms with E-state index < -0.39 is 41.7 Å². The summed E-state index contributed by atoms with van der Waals surface area (Å²) in [7, 11) is 0. The number of carbonyl (C=O) groups is 4. The summed E-state index contributed by atoms with van der Waals surface area (Å²) < 4.78 is 13.3. The molecule has 31 heavy (non-hydrogen) atoms. The van der Waals surface area contributed by atoms with Crippen LogP contribution >= 0.6 is 11.3 Å². The Balaban J connectivity index is 1.54. The lowest BCUT2D eigenvalue weighted by molar-refractivity contribution is -0.134. The van der Waals surface area contributed by atoms with Crippen LogP contribution in [0.5, 0.6) is 0 Å². The number of fused-ring (bicyclic) bond motifs is 1. The number of carbonyl (C=O) groups excluding carboxylic acids is 4. The van der Waals surface area contributed by atoms with Crippen molar-refractivity contribution >= 4 is 40.1 Å². The molecule has 162 valence electrons. The lowest BCUT2D eigenvalue weighted by atomic mass is 9.87. The number of urea groups is 1. The van der Waals surface area contributed by atoms with E-state index in [1.807, 2.05) is 0 Å². The third-order valence-electron chi connectivity index (χ3n) is 5.77. The lowest BCUT2D eigenvalue weighted by Crippen LogP contribution is -2.44. The van der Waals surface area contributed by atoms with Crippen LogP contribution in [0.2, 0.25) is 0 Å². The molecule has 0 unspecified atom stereocenters. The number of hydrogen-bond donors (Lipinski definition) is 3. The summed E-state index contributed by atoms with van der Waals surface area (Å²) in [6.45, 7) is 1.20. The number of hydrogen-bond acceptors (Lipinski definition) is 5. The van der Waals surface area contributed by atoms with Crippen LogP contribution in [-0.2, 0) is 28.0 Å². The Labute approximate surface area is 181 Å². The number of nitrogens with one attached hydrogen (secondary N) is 2. The molecule has 5 amide bonds. The van der Waals surface area contributed by atoms with Crippen molar-refractivity contribution in [1.29, 1.82) is 0 Å². The average molecular weight is 444 g/mol. The summed E-state index contributed by atoms with van der Waals surface area (Å²) >= 11 is 1.29. The predicted octanol–water partition coefficient (Wildman–Crippen LogP) is 2.27. The Kier molecular flexibility index (Phi) is 5.26. The zero-order chi connectivity index (χ0) is 22.3. The average Bonchev–Trinajstić information content (AvgIpc) is 3.36. The van der Waals surface area contributed by atoms with Crippen molar-refractivity contribution < 1.29 is 23.6 Å². The van der Waals surface area contributed by atoms with E-state index >= 15 is 0 Å². The van der Waals surface area contributed by atoms with Gasteiger partial charge in [0.15, 0.2) is 0 Å². The van der Waals surface area contributed by atoms with Gasteiger partial charge < -0.3 is 16.4 Å². The van der Waals surface area contributed by atoms with Crippen LogP contribution in [-0.4, -0.2) is 35.2 Å². The molecular formula is C21H21FN4O4S. The lowest BCUT2D eigenvalue weighted by Gasteiger charge is -2.25. The second-order valence-corrected chi connectivity index (χ2v) is 8.67. The first-order chi connectivity index (χ1) is 14.8.